The summed E-state index contributed by atoms with van der Waals surface area (Å²) < 4.78 is 62.7. The Hall–Kier alpha value is -6.05. The maximum absolute atomic E-state index is 14.2. The number of fused-ring (bicyclic) bond motifs is 10. The Morgan fingerprint density at radius 2 is 0.989 bits per heavy atom. The quantitative estimate of drug-likeness (QED) is 0.119. The molecule has 4 fully saturated rings. The van der Waals surface area contributed by atoms with Crippen molar-refractivity contribution in [3.63, 3.8) is 0 Å². The number of nitrogens with zero attached hydrogens (tertiary/aromatic N) is 5. The third-order valence-corrected chi connectivity index (χ3v) is 21.5. The first-order valence-corrected chi connectivity index (χ1v) is 35.1. The summed E-state index contributed by atoms with van der Waals surface area (Å²) in [6, 6.07) is 23.1. The molecular weight excluding hydrogens is 1160 g/mol. The highest BCUT2D eigenvalue weighted by Crippen LogP contribution is 2.50. The Labute approximate surface area is 520 Å². The molecule has 16 nitrogen and oxygen atoms in total. The van der Waals surface area contributed by atoms with Crippen molar-refractivity contribution in [2.45, 2.75) is 204 Å². The lowest BCUT2D eigenvalue weighted by Crippen LogP contribution is -2.45. The highest BCUT2D eigenvalue weighted by Gasteiger charge is 2.37. The first-order valence-electron chi connectivity index (χ1n) is 31.6. The molecule has 4 aromatic carbocycles. The second-order valence-electron chi connectivity index (χ2n) is 27.0. The van der Waals surface area contributed by atoms with Gasteiger partial charge in [0.25, 0.3) is 0 Å². The van der Waals surface area contributed by atoms with E-state index >= 15 is 0 Å². The van der Waals surface area contributed by atoms with E-state index in [4.69, 9.17) is 11.6 Å². The number of hydrogen-bond acceptors (Lipinski definition) is 8. The number of nitrogens with one attached hydrogen (secondary N) is 3. The van der Waals surface area contributed by atoms with Gasteiger partial charge in [-0.15, -0.1) is 11.6 Å². The van der Waals surface area contributed by atoms with Crippen LogP contribution in [-0.4, -0.2) is 109 Å². The summed E-state index contributed by atoms with van der Waals surface area (Å²) in [6.45, 7) is 18.5. The number of hydrogen-bond donors (Lipinski definition) is 3. The van der Waals surface area contributed by atoms with Gasteiger partial charge in [0, 0.05) is 59.2 Å². The van der Waals surface area contributed by atoms with Crippen molar-refractivity contribution < 1.29 is 36.0 Å². The van der Waals surface area contributed by atoms with Gasteiger partial charge in [0.1, 0.15) is 25.5 Å². The normalized spacial score (nSPS) is 18.1. The van der Waals surface area contributed by atoms with Gasteiger partial charge in [0.15, 0.2) is 0 Å². The molecule has 6 aliphatic rings. The Morgan fingerprint density at radius 1 is 0.552 bits per heavy atom. The van der Waals surface area contributed by atoms with Gasteiger partial charge in [-0.1, -0.05) is 74.9 Å². The molecule has 0 unspecified atom stereocenters. The highest BCUT2D eigenvalue weighted by molar-refractivity contribution is 7.89. The smallest absolute Gasteiger partial charge is 0.247 e. The largest absolute Gasteiger partial charge is 0.342 e. The number of likely N-dealkylation sites (tertiary alicyclic amines) is 2. The molecule has 87 heavy (non-hydrogen) atoms. The van der Waals surface area contributed by atoms with E-state index < -0.39 is 31.1 Å². The van der Waals surface area contributed by atoms with Crippen molar-refractivity contribution in [3.8, 4) is 22.5 Å². The summed E-state index contributed by atoms with van der Waals surface area (Å²) in [4.78, 5) is 57.4. The summed E-state index contributed by atoms with van der Waals surface area (Å²) in [6.07, 6.45) is 18.1. The lowest BCUT2D eigenvalue weighted by atomic mass is 9.81. The molecule has 19 heteroatoms. The number of benzene rings is 4. The fourth-order valence-corrected chi connectivity index (χ4v) is 17.0. The predicted molar refractivity (Wildman–Crippen MR) is 349 cm³/mol. The van der Waals surface area contributed by atoms with Gasteiger partial charge in [0.05, 0.1) is 43.6 Å². The van der Waals surface area contributed by atoms with Gasteiger partial charge >= 0.3 is 0 Å². The monoisotopic (exact) mass is 1240 g/mol. The summed E-state index contributed by atoms with van der Waals surface area (Å²) in [7, 11) is -7.49. The molecule has 2 saturated heterocycles. The third-order valence-electron chi connectivity index (χ3n) is 17.8. The number of anilines is 2. The molecule has 4 amide bonds. The van der Waals surface area contributed by atoms with Gasteiger partial charge in [-0.3, -0.25) is 19.2 Å². The van der Waals surface area contributed by atoms with Crippen LogP contribution in [0.2, 0.25) is 0 Å². The van der Waals surface area contributed by atoms with Gasteiger partial charge in [-0.25, -0.2) is 26.3 Å². The van der Waals surface area contributed by atoms with Gasteiger partial charge in [0.2, 0.25) is 43.7 Å². The van der Waals surface area contributed by atoms with Crippen molar-refractivity contribution >= 4 is 88.5 Å². The second kappa shape index (κ2) is 26.2. The molecule has 2 aliphatic carbocycles. The molecular formula is C68H89ClN8O8S2. The number of aryl methyl sites for hydroxylation is 2. The molecule has 468 valence electrons. The van der Waals surface area contributed by atoms with Crippen LogP contribution in [0.4, 0.5) is 11.4 Å². The van der Waals surface area contributed by atoms with E-state index in [1.54, 1.807) is 29.2 Å². The average Bonchev–Trinajstić information content (AvgIpc) is 1.60. The van der Waals surface area contributed by atoms with E-state index in [1.807, 2.05) is 98.6 Å². The zero-order chi connectivity index (χ0) is 62.2. The predicted octanol–water partition coefficient (Wildman–Crippen LogP) is 13.0. The molecule has 4 aliphatic heterocycles. The van der Waals surface area contributed by atoms with Crippen molar-refractivity contribution in [1.82, 2.24) is 28.4 Å². The number of amides is 4. The van der Waals surface area contributed by atoms with Crippen LogP contribution >= 0.6 is 11.6 Å². The van der Waals surface area contributed by atoms with E-state index in [9.17, 15) is 36.0 Å². The Kier molecular flexibility index (Phi) is 19.2. The molecule has 0 bridgehead atoms. The van der Waals surface area contributed by atoms with Gasteiger partial charge in [-0.05, 0) is 190 Å². The lowest BCUT2D eigenvalue weighted by molar-refractivity contribution is -0.132. The zero-order valence-corrected chi connectivity index (χ0v) is 54.6. The summed E-state index contributed by atoms with van der Waals surface area (Å²) in [5.41, 5.74) is 10.4. The van der Waals surface area contributed by atoms with Crippen molar-refractivity contribution in [3.05, 3.63) is 95.1 Å². The molecule has 6 heterocycles. The van der Waals surface area contributed by atoms with E-state index in [-0.39, 0.29) is 58.9 Å². The fraction of sp³-hybridized carbons (Fsp3) is 0.529. The summed E-state index contributed by atoms with van der Waals surface area (Å²) in [5, 5.41) is 5.14. The molecule has 3 N–H and O–H groups in total. The maximum Gasteiger partial charge on any atom is 0.247 e. The van der Waals surface area contributed by atoms with Crippen molar-refractivity contribution in [1.29, 1.82) is 0 Å². The van der Waals surface area contributed by atoms with E-state index in [1.165, 1.54) is 43.2 Å². The highest BCUT2D eigenvalue weighted by atomic mass is 35.5. The number of carbonyl (C=O) groups is 4. The number of piperidine rings is 2. The third kappa shape index (κ3) is 14.4. The van der Waals surface area contributed by atoms with Crippen LogP contribution in [0.5, 0.6) is 0 Å². The van der Waals surface area contributed by atoms with E-state index in [0.29, 0.717) is 11.8 Å². The zero-order valence-electron chi connectivity index (χ0n) is 52.2. The second-order valence-corrected chi connectivity index (χ2v) is 30.7. The van der Waals surface area contributed by atoms with Crippen LogP contribution in [-0.2, 0) is 52.3 Å². The Balaban J connectivity index is 0.000000169. The van der Waals surface area contributed by atoms with Crippen LogP contribution in [0.25, 0.3) is 44.3 Å². The summed E-state index contributed by atoms with van der Waals surface area (Å²) in [5.74, 6) is 0.647. The summed E-state index contributed by atoms with van der Waals surface area (Å²) >= 11 is 5.39. The van der Waals surface area contributed by atoms with Gasteiger partial charge < -0.3 is 29.2 Å². The van der Waals surface area contributed by atoms with Crippen LogP contribution in [0.3, 0.4) is 0 Å². The topological polar surface area (TPSA) is 192 Å². The molecule has 2 saturated carbocycles. The van der Waals surface area contributed by atoms with E-state index in [2.05, 4.69) is 39.0 Å². The minimum absolute atomic E-state index is 0.00590. The number of halogens is 1. The lowest BCUT2D eigenvalue weighted by Gasteiger charge is -2.30. The van der Waals surface area contributed by atoms with Crippen molar-refractivity contribution in [2.75, 3.05) is 48.8 Å². The average molecular weight is 1250 g/mol. The van der Waals surface area contributed by atoms with Crippen LogP contribution in [0, 0.1) is 13.8 Å². The maximum atomic E-state index is 14.2. The molecule has 12 rings (SSSR count). The van der Waals surface area contributed by atoms with Crippen molar-refractivity contribution in [2.24, 2.45) is 0 Å². The van der Waals surface area contributed by atoms with Gasteiger partial charge in [-0.2, -0.15) is 0 Å². The van der Waals surface area contributed by atoms with Crippen LogP contribution in [0.15, 0.2) is 82.6 Å². The molecule has 2 aromatic heterocycles. The van der Waals surface area contributed by atoms with Crippen LogP contribution in [0.1, 0.15) is 178 Å². The first kappa shape index (κ1) is 64.0. The number of sulfonamides is 2. The number of carbonyl (C=O) groups excluding carboxylic acids is 4. The first-order chi connectivity index (χ1) is 41.3. The fourth-order valence-electron chi connectivity index (χ4n) is 14.0. The molecule has 6 aromatic rings. The number of alkyl halides is 1. The molecule has 0 radical (unpaired) electrons. The Morgan fingerprint density at radius 3 is 1.47 bits per heavy atom. The SMILES string of the molecule is Cc1ccc2c(c1)N(CC(=O)N1CCCCC1)C(=O)Cn1c-2c(C2CCCCC2)c2ccc(S(=O)(=O)NC(C)(C)C)cc21.Cc1ccc2c(c1)NC(=O)Cn1c-2c(C2CCCCC2)c2ccc(S(=O)(=O)NC(C)(C)C)cc21.O=C(CCl)N1CCCCC1. The molecule has 0 spiro atoms. The van der Waals surface area contributed by atoms with Crippen LogP contribution < -0.4 is 19.7 Å². The number of aromatic nitrogens is 2. The molecule has 0 atom stereocenters. The minimum Gasteiger partial charge on any atom is -0.342 e. The minimum atomic E-state index is -3.79. The standard InChI is InChI=1S/C34H44N4O4S.C27H33N3O3S.C7H12ClNO/c1-23-13-15-27-28(19-23)37(21-30(39)36-17-9-6-10-18-36)31(40)22-38-29-20-25(43(41,42)35-34(2,3)4)14-16-26(29)32(33(27)38)24-11-7-5-8-12-24;1-17-10-12-20-22(14-17)28-24(31)16-30-23-15-19(34(32,33)29-27(2,3)4)11-13-21(23)25(26(20)30)18-8-6-5-7-9-18;8-6-7(10)9-4-2-1-3-5-9/h13-16,19-20,24,35H,5-12,17-18,21-22H2,1-4H3;10-15,18,29H,5-9,16H2,1-4H3,(H,28,31);1-6H2. The number of rotatable bonds is 9. The Bertz CT molecular complexity index is 3810. The van der Waals surface area contributed by atoms with E-state index in [0.717, 1.165) is 164 Å².